The standard InChI is InChI=1S/C54H34N3O2/c1-4-16-35(17-5-1)51-55-52(37-29-30-41-36(31-37)28-27-34-15-10-11-22-40(34)41)57-53(56-51)43-24-14-26-47-50(43)59-48-32-44-42-23-12-13-25-45(42)54(38-18-6-2-7-19-38,39-20-8-3-9-21-39)46(44)33-49(48)58-47/h1-33,52H/q-1. The van der Waals surface area contributed by atoms with Crippen molar-refractivity contribution in [3.05, 3.63) is 244 Å². The second-order valence-corrected chi connectivity index (χ2v) is 15.2. The van der Waals surface area contributed by atoms with Crippen molar-refractivity contribution in [3.8, 4) is 34.1 Å². The van der Waals surface area contributed by atoms with Gasteiger partial charge in [0, 0.05) is 5.56 Å². The maximum atomic E-state index is 6.96. The maximum absolute atomic E-state index is 6.96. The molecule has 278 valence electrons. The zero-order valence-corrected chi connectivity index (χ0v) is 31.8. The highest BCUT2D eigenvalue weighted by Gasteiger charge is 2.47. The number of nitrogens with zero attached hydrogens (tertiary/aromatic N) is 3. The quantitative estimate of drug-likeness (QED) is 0.164. The Kier molecular flexibility index (Phi) is 7.44. The first kappa shape index (κ1) is 33.4. The smallest absolute Gasteiger partial charge is 0.179 e. The highest BCUT2D eigenvalue weighted by Crippen LogP contribution is 2.60. The van der Waals surface area contributed by atoms with E-state index in [0.717, 1.165) is 33.2 Å². The van der Waals surface area contributed by atoms with Crippen molar-refractivity contribution in [1.29, 1.82) is 0 Å². The van der Waals surface area contributed by atoms with Crippen LogP contribution in [0.15, 0.2) is 210 Å². The van der Waals surface area contributed by atoms with Gasteiger partial charge in [0.15, 0.2) is 23.0 Å². The van der Waals surface area contributed by atoms with Crippen LogP contribution in [0, 0.1) is 0 Å². The number of hydrogen-bond acceptors (Lipinski definition) is 4. The Balaban J connectivity index is 0.991. The summed E-state index contributed by atoms with van der Waals surface area (Å²) in [7, 11) is 0. The molecule has 1 atom stereocenters. The van der Waals surface area contributed by atoms with Crippen molar-refractivity contribution in [2.75, 3.05) is 0 Å². The molecule has 1 unspecified atom stereocenters. The number of ether oxygens (including phenoxy) is 2. The molecule has 0 bridgehead atoms. The average Bonchev–Trinajstić information content (AvgIpc) is 3.60. The van der Waals surface area contributed by atoms with Gasteiger partial charge >= 0.3 is 0 Å². The Labute approximate surface area is 341 Å². The molecule has 2 aliphatic heterocycles. The minimum atomic E-state index is -0.553. The van der Waals surface area contributed by atoms with Gasteiger partial charge in [0.25, 0.3) is 0 Å². The van der Waals surface area contributed by atoms with Crippen molar-refractivity contribution in [1.82, 2.24) is 0 Å². The molecule has 0 saturated carbocycles. The lowest BCUT2D eigenvalue weighted by atomic mass is 9.67. The molecule has 59 heavy (non-hydrogen) atoms. The Morgan fingerprint density at radius 3 is 1.93 bits per heavy atom. The number of aliphatic imine (C=N–C) groups is 2. The number of amidine groups is 2. The van der Waals surface area contributed by atoms with Gasteiger partial charge in [0.05, 0.1) is 17.4 Å². The lowest BCUT2D eigenvalue weighted by Gasteiger charge is -2.35. The summed E-state index contributed by atoms with van der Waals surface area (Å²) in [5.41, 5.74) is 9.12. The van der Waals surface area contributed by atoms with Crippen LogP contribution in [0.5, 0.6) is 23.0 Å². The Morgan fingerprint density at radius 1 is 0.458 bits per heavy atom. The first-order valence-corrected chi connectivity index (χ1v) is 20.0. The largest absolute Gasteiger partial charge is 0.449 e. The third kappa shape index (κ3) is 5.18. The van der Waals surface area contributed by atoms with E-state index in [2.05, 4.69) is 152 Å². The first-order valence-electron chi connectivity index (χ1n) is 20.0. The molecule has 5 nitrogen and oxygen atoms in total. The number of rotatable bonds is 5. The summed E-state index contributed by atoms with van der Waals surface area (Å²) >= 11 is 0. The molecule has 0 N–H and O–H groups in total. The summed E-state index contributed by atoms with van der Waals surface area (Å²) in [6.45, 7) is 0. The van der Waals surface area contributed by atoms with Gasteiger partial charge in [-0.05, 0) is 96.4 Å². The fraction of sp³-hybridized carbons (Fsp3) is 0.0370. The van der Waals surface area contributed by atoms with Gasteiger partial charge in [0.2, 0.25) is 0 Å². The summed E-state index contributed by atoms with van der Waals surface area (Å²) < 4.78 is 13.8. The van der Waals surface area contributed by atoms with Crippen molar-refractivity contribution >= 4 is 33.2 Å². The normalized spacial score (nSPS) is 15.7. The van der Waals surface area contributed by atoms with Crippen molar-refractivity contribution in [2.45, 2.75) is 11.6 Å². The molecule has 0 radical (unpaired) electrons. The molecule has 1 aliphatic carbocycles. The van der Waals surface area contributed by atoms with E-state index in [1.807, 2.05) is 48.5 Å². The average molecular weight is 757 g/mol. The zero-order valence-electron chi connectivity index (χ0n) is 31.8. The SMILES string of the molecule is c1ccc(C2=NC(c3cccc4c3Oc3cc5c(cc3O4)C(c3ccccc3)(c3ccccc3)c3ccccc3-5)=NC(c3ccc4c(ccc5ccccc54)c3)[N-]2)cc1. The highest BCUT2D eigenvalue weighted by atomic mass is 16.6. The van der Waals surface area contributed by atoms with Crippen molar-refractivity contribution in [3.63, 3.8) is 0 Å². The van der Waals surface area contributed by atoms with Crippen LogP contribution in [0.4, 0.5) is 0 Å². The topological polar surface area (TPSA) is 57.3 Å². The third-order valence-electron chi connectivity index (χ3n) is 12.0. The van der Waals surface area contributed by atoms with Gasteiger partial charge < -0.3 is 19.8 Å². The summed E-state index contributed by atoms with van der Waals surface area (Å²) in [6.07, 6.45) is -0.523. The lowest BCUT2D eigenvalue weighted by Crippen LogP contribution is -2.28. The summed E-state index contributed by atoms with van der Waals surface area (Å²) in [6, 6.07) is 70.0. The fourth-order valence-electron chi connectivity index (χ4n) is 9.33. The predicted octanol–water partition coefficient (Wildman–Crippen LogP) is 13.5. The van der Waals surface area contributed by atoms with E-state index in [0.29, 0.717) is 34.7 Å². The molecule has 0 spiro atoms. The van der Waals surface area contributed by atoms with E-state index in [1.165, 1.54) is 38.4 Å². The molecule has 9 aromatic rings. The zero-order chi connectivity index (χ0) is 38.9. The van der Waals surface area contributed by atoms with Crippen LogP contribution < -0.4 is 9.47 Å². The number of hydrogen-bond donors (Lipinski definition) is 0. The van der Waals surface area contributed by atoms with E-state index in [4.69, 9.17) is 24.8 Å². The van der Waals surface area contributed by atoms with E-state index in [1.54, 1.807) is 0 Å². The van der Waals surface area contributed by atoms with Gasteiger partial charge in [0.1, 0.15) is 0 Å². The molecular formula is C54H34N3O2-. The monoisotopic (exact) mass is 756 g/mol. The minimum Gasteiger partial charge on any atom is -0.449 e. The maximum Gasteiger partial charge on any atom is 0.179 e. The Bertz CT molecular complexity index is 3150. The van der Waals surface area contributed by atoms with Gasteiger partial charge in [-0.25, -0.2) is 0 Å². The Morgan fingerprint density at radius 2 is 1.12 bits per heavy atom. The minimum absolute atomic E-state index is 0.523. The van der Waals surface area contributed by atoms with E-state index in [9.17, 15) is 0 Å². The van der Waals surface area contributed by atoms with E-state index >= 15 is 0 Å². The van der Waals surface area contributed by atoms with E-state index in [-0.39, 0.29) is 0 Å². The highest BCUT2D eigenvalue weighted by molar-refractivity contribution is 6.19. The molecule has 5 heteroatoms. The van der Waals surface area contributed by atoms with Crippen LogP contribution in [0.3, 0.4) is 0 Å². The van der Waals surface area contributed by atoms with Gasteiger partial charge in [-0.2, -0.15) is 0 Å². The molecular weight excluding hydrogens is 723 g/mol. The second-order valence-electron chi connectivity index (χ2n) is 15.2. The molecule has 9 aromatic carbocycles. The lowest BCUT2D eigenvalue weighted by molar-refractivity contribution is 0.358. The second kappa shape index (κ2) is 13.2. The predicted molar refractivity (Wildman–Crippen MR) is 237 cm³/mol. The molecule has 0 aromatic heterocycles. The number of fused-ring (bicyclic) bond motifs is 8. The van der Waals surface area contributed by atoms with Crippen molar-refractivity contribution in [2.24, 2.45) is 9.98 Å². The molecule has 2 heterocycles. The molecule has 0 saturated heterocycles. The van der Waals surface area contributed by atoms with Crippen LogP contribution in [-0.2, 0) is 5.41 Å². The van der Waals surface area contributed by atoms with Crippen LogP contribution in [-0.4, -0.2) is 11.7 Å². The summed E-state index contributed by atoms with van der Waals surface area (Å²) in [4.78, 5) is 10.3. The van der Waals surface area contributed by atoms with Crippen LogP contribution in [0.25, 0.3) is 38.0 Å². The third-order valence-corrected chi connectivity index (χ3v) is 12.0. The molecule has 3 aliphatic rings. The number of benzene rings is 9. The van der Waals surface area contributed by atoms with E-state index < -0.39 is 11.6 Å². The summed E-state index contributed by atoms with van der Waals surface area (Å²) in [5, 5.41) is 9.91. The van der Waals surface area contributed by atoms with Crippen LogP contribution in [0.1, 0.15) is 45.1 Å². The summed E-state index contributed by atoms with van der Waals surface area (Å²) in [5.74, 6) is 3.62. The molecule has 0 amide bonds. The Hall–Kier alpha value is -7.76. The van der Waals surface area contributed by atoms with Gasteiger partial charge in [-0.1, -0.05) is 176 Å². The molecule has 12 rings (SSSR count). The van der Waals surface area contributed by atoms with Crippen molar-refractivity contribution < 1.29 is 9.47 Å². The van der Waals surface area contributed by atoms with Gasteiger partial charge in [-0.15, -0.1) is 0 Å². The van der Waals surface area contributed by atoms with Crippen LogP contribution in [0.2, 0.25) is 0 Å². The fourth-order valence-corrected chi connectivity index (χ4v) is 9.33. The van der Waals surface area contributed by atoms with Gasteiger partial charge in [-0.3, -0.25) is 4.99 Å². The molecule has 0 fully saturated rings. The number of para-hydroxylation sites is 1. The first-order chi connectivity index (χ1) is 29.2. The van der Waals surface area contributed by atoms with Crippen LogP contribution >= 0.6 is 0 Å².